The molecule has 0 spiro atoms. The molecule has 1 aliphatic heterocycles. The molecule has 2 amide bonds. The monoisotopic (exact) mass is 334 g/mol. The van der Waals surface area contributed by atoms with Crippen molar-refractivity contribution in [1.82, 2.24) is 9.62 Å². The van der Waals surface area contributed by atoms with Gasteiger partial charge in [-0.05, 0) is 43.2 Å². The number of nitrogens with zero attached hydrogens (tertiary/aromatic N) is 1. The Bertz CT molecular complexity index is 789. The Morgan fingerprint density at radius 3 is 2.65 bits per heavy atom. The second kappa shape index (κ2) is 5.06. The predicted octanol–water partition coefficient (Wildman–Crippen LogP) is 1.14. The van der Waals surface area contributed by atoms with Gasteiger partial charge in [0.2, 0.25) is 5.91 Å². The number of fused-ring (bicyclic) bond motifs is 3. The molecule has 2 aliphatic carbocycles. The summed E-state index contributed by atoms with van der Waals surface area (Å²) >= 11 is 0. The highest BCUT2D eigenvalue weighted by Gasteiger charge is 2.43. The van der Waals surface area contributed by atoms with E-state index in [2.05, 4.69) is 5.32 Å². The summed E-state index contributed by atoms with van der Waals surface area (Å²) in [7, 11) is -3.91. The Hall–Kier alpha value is -1.89. The Labute approximate surface area is 134 Å². The summed E-state index contributed by atoms with van der Waals surface area (Å²) in [6.07, 6.45) is 4.47. The van der Waals surface area contributed by atoms with Gasteiger partial charge in [-0.1, -0.05) is 18.6 Å². The third kappa shape index (κ3) is 2.25. The smallest absolute Gasteiger partial charge is 0.269 e. The third-order valence-corrected chi connectivity index (χ3v) is 7.07. The predicted molar refractivity (Wildman–Crippen MR) is 82.0 cm³/mol. The van der Waals surface area contributed by atoms with Gasteiger partial charge >= 0.3 is 0 Å². The molecule has 23 heavy (non-hydrogen) atoms. The molecule has 2 bridgehead atoms. The number of amides is 2. The van der Waals surface area contributed by atoms with Gasteiger partial charge in [-0.2, -0.15) is 0 Å². The van der Waals surface area contributed by atoms with E-state index in [1.807, 2.05) is 0 Å². The minimum Gasteiger partial charge on any atom is -0.352 e. The molecule has 0 radical (unpaired) electrons. The molecule has 2 saturated carbocycles. The number of carbonyl (C=O) groups is 2. The molecule has 0 aromatic heterocycles. The van der Waals surface area contributed by atoms with Gasteiger partial charge in [0.15, 0.2) is 0 Å². The van der Waals surface area contributed by atoms with E-state index >= 15 is 0 Å². The van der Waals surface area contributed by atoms with Gasteiger partial charge in [0.1, 0.15) is 11.4 Å². The van der Waals surface area contributed by atoms with Gasteiger partial charge in [0.25, 0.3) is 15.9 Å². The highest BCUT2D eigenvalue weighted by Crippen LogP contribution is 2.44. The van der Waals surface area contributed by atoms with Crippen molar-refractivity contribution in [2.24, 2.45) is 11.8 Å². The number of hydrogen-bond donors (Lipinski definition) is 1. The lowest BCUT2D eigenvalue weighted by molar-refractivity contribution is -0.122. The molecule has 0 unspecified atom stereocenters. The quantitative estimate of drug-likeness (QED) is 0.898. The Morgan fingerprint density at radius 2 is 2.00 bits per heavy atom. The van der Waals surface area contributed by atoms with Gasteiger partial charge in [-0.25, -0.2) is 12.7 Å². The van der Waals surface area contributed by atoms with Crippen LogP contribution in [0.4, 0.5) is 0 Å². The van der Waals surface area contributed by atoms with Crippen LogP contribution in [0.1, 0.15) is 36.0 Å². The Kier molecular flexibility index (Phi) is 3.23. The molecule has 6 nitrogen and oxygen atoms in total. The maximum atomic E-state index is 12.4. The molecule has 1 N–H and O–H groups in total. The van der Waals surface area contributed by atoms with Crippen molar-refractivity contribution in [2.45, 2.75) is 36.6 Å². The fraction of sp³-hybridized carbons (Fsp3) is 0.500. The van der Waals surface area contributed by atoms with Gasteiger partial charge in [-0.15, -0.1) is 0 Å². The van der Waals surface area contributed by atoms with Crippen LogP contribution >= 0.6 is 0 Å². The van der Waals surface area contributed by atoms with E-state index in [1.165, 1.54) is 18.6 Å². The van der Waals surface area contributed by atoms with Crippen LogP contribution in [0, 0.1) is 11.8 Å². The van der Waals surface area contributed by atoms with Crippen LogP contribution < -0.4 is 5.32 Å². The van der Waals surface area contributed by atoms with Crippen molar-refractivity contribution < 1.29 is 18.0 Å². The standard InChI is InChI=1S/C16H18N2O4S/c19-15(17-13-8-10-5-6-11(13)7-10)9-18-16(20)12-3-1-2-4-14(12)23(18,21)22/h1-4,10-11,13H,5-9H2,(H,17,19)/t10-,11-,13-/m0/s1. The first-order valence-electron chi connectivity index (χ1n) is 7.92. The summed E-state index contributed by atoms with van der Waals surface area (Å²) in [6.45, 7) is -0.441. The molecule has 3 aliphatic rings. The van der Waals surface area contributed by atoms with Crippen molar-refractivity contribution in [3.63, 3.8) is 0 Å². The van der Waals surface area contributed by atoms with Gasteiger partial charge in [0, 0.05) is 6.04 Å². The molecular weight excluding hydrogens is 316 g/mol. The molecule has 4 rings (SSSR count). The van der Waals surface area contributed by atoms with Crippen LogP contribution in [0.25, 0.3) is 0 Å². The number of hydrogen-bond acceptors (Lipinski definition) is 4. The summed E-state index contributed by atoms with van der Waals surface area (Å²) in [4.78, 5) is 24.5. The van der Waals surface area contributed by atoms with Crippen molar-refractivity contribution in [1.29, 1.82) is 0 Å². The maximum absolute atomic E-state index is 12.4. The summed E-state index contributed by atoms with van der Waals surface area (Å²) in [5.41, 5.74) is 0.139. The van der Waals surface area contributed by atoms with Crippen molar-refractivity contribution >= 4 is 21.8 Å². The van der Waals surface area contributed by atoms with E-state index < -0.39 is 28.4 Å². The molecule has 7 heteroatoms. The summed E-state index contributed by atoms with van der Waals surface area (Å²) in [5.74, 6) is 0.176. The second-order valence-corrected chi connectivity index (χ2v) is 8.49. The Balaban J connectivity index is 1.49. The van der Waals surface area contributed by atoms with Crippen LogP contribution in [0.2, 0.25) is 0 Å². The summed E-state index contributed by atoms with van der Waals surface area (Å²) in [6, 6.07) is 6.19. The third-order valence-electron chi connectivity index (χ3n) is 5.28. The molecule has 1 aromatic rings. The Morgan fingerprint density at radius 1 is 1.22 bits per heavy atom. The van der Waals surface area contributed by atoms with Crippen LogP contribution in [0.15, 0.2) is 29.2 Å². The van der Waals surface area contributed by atoms with Crippen molar-refractivity contribution in [3.05, 3.63) is 29.8 Å². The average molecular weight is 334 g/mol. The maximum Gasteiger partial charge on any atom is 0.269 e. The summed E-state index contributed by atoms with van der Waals surface area (Å²) < 4.78 is 25.5. The zero-order valence-corrected chi connectivity index (χ0v) is 13.4. The van der Waals surface area contributed by atoms with Crippen LogP contribution in [0.5, 0.6) is 0 Å². The number of rotatable bonds is 3. The molecular formula is C16H18N2O4S. The fourth-order valence-corrected chi connectivity index (χ4v) is 5.72. The van der Waals surface area contributed by atoms with Gasteiger partial charge in [0.05, 0.1) is 5.56 Å². The first-order valence-corrected chi connectivity index (χ1v) is 9.36. The number of nitrogens with one attached hydrogen (secondary N) is 1. The lowest BCUT2D eigenvalue weighted by atomic mass is 9.95. The highest BCUT2D eigenvalue weighted by molar-refractivity contribution is 7.90. The minimum atomic E-state index is -3.91. The number of sulfonamides is 1. The van der Waals surface area contributed by atoms with E-state index in [0.29, 0.717) is 16.1 Å². The zero-order valence-electron chi connectivity index (χ0n) is 12.6. The lowest BCUT2D eigenvalue weighted by Gasteiger charge is -2.24. The van der Waals surface area contributed by atoms with Crippen LogP contribution in [-0.4, -0.2) is 37.1 Å². The SMILES string of the molecule is O=C(CN1C(=O)c2ccccc2S1(=O)=O)N[C@H]1C[C@H]2CC[C@H]1C2. The van der Waals surface area contributed by atoms with E-state index in [-0.39, 0.29) is 16.5 Å². The zero-order chi connectivity index (χ0) is 16.2. The average Bonchev–Trinajstić information content (AvgIpc) is 3.18. The lowest BCUT2D eigenvalue weighted by Crippen LogP contribution is -2.45. The molecule has 1 heterocycles. The van der Waals surface area contributed by atoms with Crippen molar-refractivity contribution in [3.8, 4) is 0 Å². The molecule has 1 aromatic carbocycles. The molecule has 2 fully saturated rings. The first kappa shape index (κ1) is 14.7. The molecule has 122 valence electrons. The van der Waals surface area contributed by atoms with Gasteiger partial charge in [-0.3, -0.25) is 9.59 Å². The van der Waals surface area contributed by atoms with Crippen molar-refractivity contribution in [2.75, 3.05) is 6.54 Å². The van der Waals surface area contributed by atoms with Crippen LogP contribution in [0.3, 0.4) is 0 Å². The first-order chi connectivity index (χ1) is 11.0. The van der Waals surface area contributed by atoms with Gasteiger partial charge < -0.3 is 5.32 Å². The molecule has 0 saturated heterocycles. The number of benzene rings is 1. The van der Waals surface area contributed by atoms with E-state index in [4.69, 9.17) is 0 Å². The van der Waals surface area contributed by atoms with E-state index in [9.17, 15) is 18.0 Å². The summed E-state index contributed by atoms with van der Waals surface area (Å²) in [5, 5.41) is 2.93. The molecule has 3 atom stereocenters. The number of carbonyl (C=O) groups excluding carboxylic acids is 2. The highest BCUT2D eigenvalue weighted by atomic mass is 32.2. The normalized spacial score (nSPS) is 30.5. The minimum absolute atomic E-state index is 0.0160. The fourth-order valence-electron chi connectivity index (χ4n) is 4.19. The van der Waals surface area contributed by atoms with E-state index in [0.717, 1.165) is 19.3 Å². The topological polar surface area (TPSA) is 83.6 Å². The second-order valence-electron chi connectivity index (χ2n) is 6.66. The largest absolute Gasteiger partial charge is 0.352 e. The van der Waals surface area contributed by atoms with Crippen LogP contribution in [-0.2, 0) is 14.8 Å². The van der Waals surface area contributed by atoms with E-state index in [1.54, 1.807) is 12.1 Å².